The summed E-state index contributed by atoms with van der Waals surface area (Å²) in [5.41, 5.74) is 8.08. The molecule has 0 saturated carbocycles. The molecule has 0 heterocycles. The van der Waals surface area contributed by atoms with Crippen molar-refractivity contribution in [3.8, 4) is 5.75 Å². The van der Waals surface area contributed by atoms with Gasteiger partial charge in [0, 0.05) is 16.7 Å². The van der Waals surface area contributed by atoms with Gasteiger partial charge in [-0.3, -0.25) is 0 Å². The summed E-state index contributed by atoms with van der Waals surface area (Å²) in [6, 6.07) is 16.1. The van der Waals surface area contributed by atoms with Crippen LogP contribution in [0.5, 0.6) is 5.75 Å². The van der Waals surface area contributed by atoms with Crippen molar-refractivity contribution in [2.45, 2.75) is 26.0 Å². The molecule has 0 amide bonds. The van der Waals surface area contributed by atoms with Crippen LogP contribution in [0.25, 0.3) is 0 Å². The van der Waals surface area contributed by atoms with E-state index in [2.05, 4.69) is 27.3 Å². The van der Waals surface area contributed by atoms with E-state index >= 15 is 0 Å². The molecule has 0 saturated heterocycles. The number of benzene rings is 2. The highest BCUT2D eigenvalue weighted by Gasteiger charge is 2.12. The number of ether oxygens (including phenoxy) is 1. The van der Waals surface area contributed by atoms with Crippen LogP contribution in [0.4, 0.5) is 5.69 Å². The van der Waals surface area contributed by atoms with E-state index in [1.807, 2.05) is 56.3 Å². The van der Waals surface area contributed by atoms with Gasteiger partial charge in [-0.2, -0.15) is 0 Å². The Morgan fingerprint density at radius 3 is 2.57 bits per heavy atom. The maximum Gasteiger partial charge on any atom is 0.120 e. The zero-order valence-electron chi connectivity index (χ0n) is 12.3. The zero-order valence-corrected chi connectivity index (χ0v) is 13.9. The number of nitrogens with two attached hydrogens (primary N) is 1. The van der Waals surface area contributed by atoms with Gasteiger partial charge in [-0.1, -0.05) is 24.3 Å². The van der Waals surface area contributed by atoms with Gasteiger partial charge < -0.3 is 15.8 Å². The topological polar surface area (TPSA) is 47.3 Å². The van der Waals surface area contributed by atoms with Crippen LogP contribution < -0.4 is 15.8 Å². The highest BCUT2D eigenvalue weighted by Crippen LogP contribution is 2.27. The van der Waals surface area contributed by atoms with E-state index in [0.29, 0.717) is 6.54 Å². The Balaban J connectivity index is 2.19. The summed E-state index contributed by atoms with van der Waals surface area (Å²) in [5.74, 6) is 0.870. The Kier molecular flexibility index (Phi) is 5.65. The number of hydrogen-bond acceptors (Lipinski definition) is 3. The quantitative estimate of drug-likeness (QED) is 0.815. The van der Waals surface area contributed by atoms with Gasteiger partial charge >= 0.3 is 0 Å². The fourth-order valence-electron chi connectivity index (χ4n) is 2.12. The van der Waals surface area contributed by atoms with E-state index in [-0.39, 0.29) is 12.1 Å². The molecule has 2 aromatic carbocycles. The van der Waals surface area contributed by atoms with Gasteiger partial charge in [0.2, 0.25) is 0 Å². The molecule has 21 heavy (non-hydrogen) atoms. The van der Waals surface area contributed by atoms with E-state index in [1.165, 1.54) is 0 Å². The molecule has 3 N–H and O–H groups in total. The third-order valence-electron chi connectivity index (χ3n) is 3.07. The normalized spacial score (nSPS) is 12.2. The third-order valence-corrected chi connectivity index (χ3v) is 3.76. The molecule has 0 fully saturated rings. The number of para-hydroxylation sites is 1. The second-order valence-electron chi connectivity index (χ2n) is 5.15. The van der Waals surface area contributed by atoms with Crippen LogP contribution in [0.15, 0.2) is 53.0 Å². The second-order valence-corrected chi connectivity index (χ2v) is 6.01. The molecule has 3 nitrogen and oxygen atoms in total. The van der Waals surface area contributed by atoms with Crippen LogP contribution in [0.1, 0.15) is 25.5 Å². The van der Waals surface area contributed by atoms with Crippen molar-refractivity contribution in [2.75, 3.05) is 11.9 Å². The zero-order chi connectivity index (χ0) is 15.2. The summed E-state index contributed by atoms with van der Waals surface area (Å²) in [7, 11) is 0. The molecular weight excluding hydrogens is 328 g/mol. The van der Waals surface area contributed by atoms with E-state index in [0.717, 1.165) is 21.5 Å². The van der Waals surface area contributed by atoms with Gasteiger partial charge in [0.05, 0.1) is 12.1 Å². The smallest absolute Gasteiger partial charge is 0.120 e. The Morgan fingerprint density at radius 1 is 1.14 bits per heavy atom. The minimum absolute atomic E-state index is 0.0411. The summed E-state index contributed by atoms with van der Waals surface area (Å²) in [6.07, 6.45) is 0.160. The number of nitrogens with one attached hydrogen (secondary N) is 1. The molecule has 1 atom stereocenters. The number of rotatable bonds is 6. The van der Waals surface area contributed by atoms with E-state index in [4.69, 9.17) is 10.5 Å². The lowest BCUT2D eigenvalue weighted by Gasteiger charge is -2.20. The molecule has 2 rings (SSSR count). The molecule has 1 unspecified atom stereocenters. The van der Waals surface area contributed by atoms with Crippen molar-refractivity contribution in [2.24, 2.45) is 5.73 Å². The van der Waals surface area contributed by atoms with Gasteiger partial charge in [0.1, 0.15) is 5.75 Å². The first-order chi connectivity index (χ1) is 10.1. The first-order valence-electron chi connectivity index (χ1n) is 7.08. The maximum atomic E-state index is 5.94. The Morgan fingerprint density at radius 2 is 1.90 bits per heavy atom. The van der Waals surface area contributed by atoms with Crippen molar-refractivity contribution in [3.63, 3.8) is 0 Å². The Labute approximate surface area is 134 Å². The first kappa shape index (κ1) is 15.9. The van der Waals surface area contributed by atoms with Gasteiger partial charge in [0.15, 0.2) is 0 Å². The molecule has 0 aliphatic rings. The summed E-state index contributed by atoms with van der Waals surface area (Å²) in [4.78, 5) is 0. The molecule has 0 aliphatic heterocycles. The van der Waals surface area contributed by atoms with Crippen molar-refractivity contribution >= 4 is 21.6 Å². The van der Waals surface area contributed by atoms with Crippen molar-refractivity contribution in [3.05, 3.63) is 58.6 Å². The van der Waals surface area contributed by atoms with Crippen LogP contribution in [0.2, 0.25) is 0 Å². The third kappa shape index (κ3) is 4.48. The maximum absolute atomic E-state index is 5.94. The summed E-state index contributed by atoms with van der Waals surface area (Å²) >= 11 is 3.55. The van der Waals surface area contributed by atoms with Crippen molar-refractivity contribution < 1.29 is 4.74 Å². The van der Waals surface area contributed by atoms with E-state index < -0.39 is 0 Å². The first-order valence-corrected chi connectivity index (χ1v) is 7.87. The number of hydrogen-bond donors (Lipinski definition) is 2. The average Bonchev–Trinajstić information content (AvgIpc) is 2.46. The molecule has 0 radical (unpaired) electrons. The van der Waals surface area contributed by atoms with Crippen molar-refractivity contribution in [1.82, 2.24) is 0 Å². The highest BCUT2D eigenvalue weighted by molar-refractivity contribution is 9.10. The van der Waals surface area contributed by atoms with Crippen LogP contribution in [-0.2, 0) is 0 Å². The summed E-state index contributed by atoms with van der Waals surface area (Å²) in [5, 5.41) is 3.47. The Hall–Kier alpha value is -1.52. The molecule has 0 bridgehead atoms. The molecule has 0 aliphatic carbocycles. The van der Waals surface area contributed by atoms with Gasteiger partial charge in [-0.25, -0.2) is 0 Å². The lowest BCUT2D eigenvalue weighted by atomic mass is 10.1. The van der Waals surface area contributed by atoms with Crippen LogP contribution in [0.3, 0.4) is 0 Å². The predicted octanol–water partition coefficient (Wildman–Crippen LogP) is 4.35. The summed E-state index contributed by atoms with van der Waals surface area (Å²) < 4.78 is 6.77. The number of anilines is 1. The van der Waals surface area contributed by atoms with E-state index in [9.17, 15) is 0 Å². The fourth-order valence-corrected chi connectivity index (χ4v) is 2.52. The minimum atomic E-state index is 0.0411. The highest BCUT2D eigenvalue weighted by atomic mass is 79.9. The molecule has 0 aromatic heterocycles. The monoisotopic (exact) mass is 348 g/mol. The Bertz CT molecular complexity index is 587. The molecule has 112 valence electrons. The standard InChI is InChI=1S/C17H21BrN2O/c1-12(2)21-14-7-5-6-13(10-14)17(11-19)20-16-9-4-3-8-15(16)18/h3-10,12,17,20H,11,19H2,1-2H3. The lowest BCUT2D eigenvalue weighted by Crippen LogP contribution is -2.21. The predicted molar refractivity (Wildman–Crippen MR) is 91.8 cm³/mol. The lowest BCUT2D eigenvalue weighted by molar-refractivity contribution is 0.242. The molecular formula is C17H21BrN2O. The average molecular weight is 349 g/mol. The molecule has 4 heteroatoms. The van der Waals surface area contributed by atoms with Gasteiger partial charge in [-0.05, 0) is 59.6 Å². The largest absolute Gasteiger partial charge is 0.491 e. The van der Waals surface area contributed by atoms with Crippen LogP contribution in [-0.4, -0.2) is 12.6 Å². The van der Waals surface area contributed by atoms with Crippen LogP contribution >= 0.6 is 15.9 Å². The minimum Gasteiger partial charge on any atom is -0.491 e. The molecule has 0 spiro atoms. The SMILES string of the molecule is CC(C)Oc1cccc(C(CN)Nc2ccccc2Br)c1. The van der Waals surface area contributed by atoms with Crippen LogP contribution in [0, 0.1) is 0 Å². The van der Waals surface area contributed by atoms with Gasteiger partial charge in [0.25, 0.3) is 0 Å². The second kappa shape index (κ2) is 7.48. The van der Waals surface area contributed by atoms with Crippen molar-refractivity contribution in [1.29, 1.82) is 0 Å². The molecule has 2 aromatic rings. The summed E-state index contributed by atoms with van der Waals surface area (Å²) in [6.45, 7) is 4.55. The van der Waals surface area contributed by atoms with Gasteiger partial charge in [-0.15, -0.1) is 0 Å². The fraction of sp³-hybridized carbons (Fsp3) is 0.294. The van der Waals surface area contributed by atoms with E-state index in [1.54, 1.807) is 0 Å². The number of halogens is 1.